The van der Waals surface area contributed by atoms with Gasteiger partial charge in [-0.1, -0.05) is 30.3 Å². The molecule has 1 amide bonds. The molecule has 1 fully saturated rings. The monoisotopic (exact) mass is 391 g/mol. The summed E-state index contributed by atoms with van der Waals surface area (Å²) in [6.07, 6.45) is 5.28. The molecule has 148 valence electrons. The first kappa shape index (κ1) is 19.0. The van der Waals surface area contributed by atoms with Crippen LogP contribution in [0, 0.1) is 5.82 Å². The van der Waals surface area contributed by atoms with Crippen LogP contribution in [0.2, 0.25) is 0 Å². The maximum atomic E-state index is 14.3. The number of hydrogen-bond donors (Lipinski definition) is 2. The first-order chi connectivity index (χ1) is 14.1. The fourth-order valence-electron chi connectivity index (χ4n) is 3.54. The van der Waals surface area contributed by atoms with Gasteiger partial charge in [-0.2, -0.15) is 0 Å². The summed E-state index contributed by atoms with van der Waals surface area (Å²) in [6.45, 7) is 1.59. The van der Waals surface area contributed by atoms with Crippen LogP contribution in [-0.2, 0) is 0 Å². The Hall–Kier alpha value is -3.32. The van der Waals surface area contributed by atoms with Crippen LogP contribution in [0.3, 0.4) is 0 Å². The van der Waals surface area contributed by atoms with Crippen molar-refractivity contribution in [1.29, 1.82) is 0 Å². The van der Waals surface area contributed by atoms with E-state index in [2.05, 4.69) is 20.2 Å². The predicted octanol–water partition coefficient (Wildman–Crippen LogP) is 3.46. The van der Waals surface area contributed by atoms with Crippen molar-refractivity contribution in [1.82, 2.24) is 9.97 Å². The van der Waals surface area contributed by atoms with E-state index in [0.717, 1.165) is 31.6 Å². The van der Waals surface area contributed by atoms with Crippen LogP contribution in [-0.4, -0.2) is 35.0 Å². The van der Waals surface area contributed by atoms with Gasteiger partial charge in [-0.3, -0.25) is 9.78 Å². The third kappa shape index (κ3) is 4.25. The lowest BCUT2D eigenvalue weighted by molar-refractivity contribution is 0.102. The van der Waals surface area contributed by atoms with Crippen molar-refractivity contribution >= 4 is 17.3 Å². The van der Waals surface area contributed by atoms with E-state index in [0.29, 0.717) is 11.3 Å². The number of carbonyl (C=O) groups is 1. The van der Waals surface area contributed by atoms with E-state index < -0.39 is 11.7 Å². The van der Waals surface area contributed by atoms with Gasteiger partial charge in [0.25, 0.3) is 5.91 Å². The number of pyridine rings is 2. The van der Waals surface area contributed by atoms with E-state index in [-0.39, 0.29) is 17.4 Å². The molecule has 1 aliphatic heterocycles. The van der Waals surface area contributed by atoms with Gasteiger partial charge in [0.15, 0.2) is 0 Å². The summed E-state index contributed by atoms with van der Waals surface area (Å²) in [7, 11) is 0. The molecule has 1 saturated heterocycles. The number of carbonyl (C=O) groups excluding carboxylic acids is 1. The van der Waals surface area contributed by atoms with Crippen LogP contribution in [0.5, 0.6) is 0 Å². The van der Waals surface area contributed by atoms with Gasteiger partial charge in [0.2, 0.25) is 0 Å². The average Bonchev–Trinajstić information content (AvgIpc) is 2.75. The van der Waals surface area contributed by atoms with Crippen molar-refractivity contribution in [2.24, 2.45) is 5.73 Å². The summed E-state index contributed by atoms with van der Waals surface area (Å²) in [5, 5.41) is 2.87. The van der Waals surface area contributed by atoms with Crippen molar-refractivity contribution in [3.8, 4) is 11.3 Å². The molecule has 4 rings (SSSR count). The fourth-order valence-corrected chi connectivity index (χ4v) is 3.54. The zero-order valence-electron chi connectivity index (χ0n) is 15.9. The van der Waals surface area contributed by atoms with Crippen LogP contribution < -0.4 is 16.0 Å². The Morgan fingerprint density at radius 2 is 2.00 bits per heavy atom. The fraction of sp³-hybridized carbons (Fsp3) is 0.227. The van der Waals surface area contributed by atoms with E-state index in [1.54, 1.807) is 36.7 Å². The molecule has 29 heavy (non-hydrogen) atoms. The largest absolute Gasteiger partial charge is 0.368 e. The summed E-state index contributed by atoms with van der Waals surface area (Å²) < 4.78 is 14.3. The molecule has 3 heterocycles. The van der Waals surface area contributed by atoms with Gasteiger partial charge in [-0.15, -0.1) is 0 Å². The SMILES string of the molecule is NC1CCCN(c2ccncc2NC(=O)c2ccc(F)c(-c3ccccc3)n2)C1. The van der Waals surface area contributed by atoms with E-state index in [1.807, 2.05) is 12.1 Å². The number of rotatable bonds is 4. The summed E-state index contributed by atoms with van der Waals surface area (Å²) >= 11 is 0. The Morgan fingerprint density at radius 1 is 1.17 bits per heavy atom. The number of aromatic nitrogens is 2. The van der Waals surface area contributed by atoms with Gasteiger partial charge < -0.3 is 16.0 Å². The minimum Gasteiger partial charge on any atom is -0.368 e. The number of amides is 1. The molecule has 1 atom stereocenters. The highest BCUT2D eigenvalue weighted by Crippen LogP contribution is 2.28. The zero-order chi connectivity index (χ0) is 20.2. The normalized spacial score (nSPS) is 16.5. The maximum absolute atomic E-state index is 14.3. The van der Waals surface area contributed by atoms with E-state index in [1.165, 1.54) is 12.1 Å². The highest BCUT2D eigenvalue weighted by Gasteiger charge is 2.21. The number of piperidine rings is 1. The molecule has 0 saturated carbocycles. The average molecular weight is 391 g/mol. The summed E-state index contributed by atoms with van der Waals surface area (Å²) in [5.41, 5.74) is 8.45. The number of nitrogens with two attached hydrogens (primary N) is 1. The number of nitrogens with zero attached hydrogens (tertiary/aromatic N) is 3. The number of nitrogens with one attached hydrogen (secondary N) is 1. The number of anilines is 2. The van der Waals surface area contributed by atoms with Gasteiger partial charge in [-0.05, 0) is 31.0 Å². The quantitative estimate of drug-likeness (QED) is 0.712. The predicted molar refractivity (Wildman–Crippen MR) is 111 cm³/mol. The summed E-state index contributed by atoms with van der Waals surface area (Å²) in [6, 6.07) is 13.6. The van der Waals surface area contributed by atoms with Crippen LogP contribution in [0.1, 0.15) is 23.3 Å². The molecule has 0 aliphatic carbocycles. The van der Waals surface area contributed by atoms with E-state index in [9.17, 15) is 9.18 Å². The van der Waals surface area contributed by atoms with Gasteiger partial charge >= 0.3 is 0 Å². The van der Waals surface area contributed by atoms with Gasteiger partial charge in [0.05, 0.1) is 17.6 Å². The number of hydrogen-bond acceptors (Lipinski definition) is 5. The van der Waals surface area contributed by atoms with Gasteiger partial charge in [-0.25, -0.2) is 9.37 Å². The van der Waals surface area contributed by atoms with E-state index >= 15 is 0 Å². The molecule has 0 spiro atoms. The van der Waals surface area contributed by atoms with Crippen LogP contribution in [0.4, 0.5) is 15.8 Å². The lowest BCUT2D eigenvalue weighted by atomic mass is 10.1. The molecule has 3 aromatic rings. The maximum Gasteiger partial charge on any atom is 0.274 e. The number of halogens is 1. The van der Waals surface area contributed by atoms with Crippen molar-refractivity contribution in [2.45, 2.75) is 18.9 Å². The topological polar surface area (TPSA) is 84.1 Å². The van der Waals surface area contributed by atoms with Crippen LogP contribution in [0.25, 0.3) is 11.3 Å². The van der Waals surface area contributed by atoms with Crippen LogP contribution >= 0.6 is 0 Å². The molecule has 3 N–H and O–H groups in total. The lowest BCUT2D eigenvalue weighted by Crippen LogP contribution is -2.43. The lowest BCUT2D eigenvalue weighted by Gasteiger charge is -2.33. The van der Waals surface area contributed by atoms with Crippen molar-refractivity contribution in [2.75, 3.05) is 23.3 Å². The highest BCUT2D eigenvalue weighted by molar-refractivity contribution is 6.04. The molecule has 6 nitrogen and oxygen atoms in total. The molecule has 2 aromatic heterocycles. The Bertz CT molecular complexity index is 1010. The molecular formula is C22H22FN5O. The van der Waals surface area contributed by atoms with E-state index in [4.69, 9.17) is 5.73 Å². The zero-order valence-corrected chi connectivity index (χ0v) is 15.9. The first-order valence-corrected chi connectivity index (χ1v) is 9.59. The van der Waals surface area contributed by atoms with Gasteiger partial charge in [0, 0.05) is 30.9 Å². The Balaban J connectivity index is 1.59. The first-order valence-electron chi connectivity index (χ1n) is 9.59. The van der Waals surface area contributed by atoms with Crippen molar-refractivity contribution in [3.63, 3.8) is 0 Å². The van der Waals surface area contributed by atoms with Gasteiger partial charge in [0.1, 0.15) is 17.2 Å². The standard InChI is InChI=1S/C22H22FN5O/c23-17-8-9-18(26-21(17)15-5-2-1-3-6-15)22(29)27-19-13-25-11-10-20(19)28-12-4-7-16(24)14-28/h1-3,5-6,8-11,13,16H,4,7,12,14,24H2,(H,27,29). The second-order valence-corrected chi connectivity index (χ2v) is 7.09. The second-order valence-electron chi connectivity index (χ2n) is 7.09. The third-order valence-electron chi connectivity index (χ3n) is 4.97. The Morgan fingerprint density at radius 3 is 2.79 bits per heavy atom. The molecule has 0 bridgehead atoms. The molecular weight excluding hydrogens is 369 g/mol. The third-order valence-corrected chi connectivity index (χ3v) is 4.97. The highest BCUT2D eigenvalue weighted by atomic mass is 19.1. The van der Waals surface area contributed by atoms with Crippen LogP contribution in [0.15, 0.2) is 60.9 Å². The minimum absolute atomic E-state index is 0.104. The molecule has 1 aliphatic rings. The van der Waals surface area contributed by atoms with Crippen molar-refractivity contribution in [3.05, 3.63) is 72.4 Å². The second kappa shape index (κ2) is 8.36. The Labute approximate surface area is 168 Å². The van der Waals surface area contributed by atoms with Crippen molar-refractivity contribution < 1.29 is 9.18 Å². The molecule has 1 unspecified atom stereocenters. The smallest absolute Gasteiger partial charge is 0.274 e. The molecule has 7 heteroatoms. The Kier molecular flexibility index (Phi) is 5.48. The molecule has 1 aromatic carbocycles. The number of benzene rings is 1. The molecule has 0 radical (unpaired) electrons. The minimum atomic E-state index is -0.475. The summed E-state index contributed by atoms with van der Waals surface area (Å²) in [5.74, 6) is -0.894. The summed E-state index contributed by atoms with van der Waals surface area (Å²) in [4.78, 5) is 23.4.